The first-order valence-corrected chi connectivity index (χ1v) is 7.31. The van der Waals surface area contributed by atoms with Crippen LogP contribution in [0.5, 0.6) is 0 Å². The van der Waals surface area contributed by atoms with Crippen molar-refractivity contribution >= 4 is 5.91 Å². The molecule has 1 amide bonds. The quantitative estimate of drug-likeness (QED) is 0.853. The minimum Gasteiger partial charge on any atom is -0.350 e. The molecule has 0 spiro atoms. The Morgan fingerprint density at radius 1 is 1.26 bits per heavy atom. The van der Waals surface area contributed by atoms with E-state index in [1.54, 1.807) is 0 Å². The number of benzene rings is 1. The summed E-state index contributed by atoms with van der Waals surface area (Å²) in [5.74, 6) is 0.145. The molecule has 1 unspecified atom stereocenters. The molecule has 3 heteroatoms. The van der Waals surface area contributed by atoms with Gasteiger partial charge in [-0.25, -0.2) is 0 Å². The lowest BCUT2D eigenvalue weighted by molar-refractivity contribution is -0.127. The lowest BCUT2D eigenvalue weighted by atomic mass is 9.93. The zero-order chi connectivity index (χ0) is 13.7. The van der Waals surface area contributed by atoms with E-state index < -0.39 is 0 Å². The predicted octanol–water partition coefficient (Wildman–Crippen LogP) is 2.40. The zero-order valence-electron chi connectivity index (χ0n) is 12.0. The summed E-state index contributed by atoms with van der Waals surface area (Å²) in [6.07, 6.45) is 3.94. The fraction of sp³-hybridized carbons (Fsp3) is 0.562. The van der Waals surface area contributed by atoms with Crippen LogP contribution in [0.3, 0.4) is 0 Å². The first-order valence-electron chi connectivity index (χ1n) is 7.31. The van der Waals surface area contributed by atoms with Gasteiger partial charge in [-0.3, -0.25) is 4.79 Å². The van der Waals surface area contributed by atoms with Gasteiger partial charge in [-0.15, -0.1) is 0 Å². The van der Waals surface area contributed by atoms with Crippen LogP contribution in [0, 0.1) is 0 Å². The van der Waals surface area contributed by atoms with Crippen molar-refractivity contribution in [3.63, 3.8) is 0 Å². The first kappa shape index (κ1) is 14.1. The topological polar surface area (TPSA) is 41.1 Å². The summed E-state index contributed by atoms with van der Waals surface area (Å²) in [4.78, 5) is 12.3. The summed E-state index contributed by atoms with van der Waals surface area (Å²) in [5, 5.41) is 6.43. The van der Waals surface area contributed by atoms with Gasteiger partial charge in [-0.05, 0) is 43.4 Å². The highest BCUT2D eigenvalue weighted by Gasteiger charge is 2.38. The largest absolute Gasteiger partial charge is 0.350 e. The molecule has 2 N–H and O–H groups in total. The second-order valence-electron chi connectivity index (χ2n) is 5.32. The van der Waals surface area contributed by atoms with Gasteiger partial charge in [0.1, 0.15) is 0 Å². The van der Waals surface area contributed by atoms with Crippen molar-refractivity contribution in [2.75, 3.05) is 6.54 Å². The molecule has 1 atom stereocenters. The Morgan fingerprint density at radius 3 is 2.47 bits per heavy atom. The second-order valence-corrected chi connectivity index (χ2v) is 5.32. The molecule has 1 aliphatic heterocycles. The minimum atomic E-state index is -0.330. The number of nitrogens with one attached hydrogen (secondary N) is 2. The van der Waals surface area contributed by atoms with Gasteiger partial charge in [-0.1, -0.05) is 38.1 Å². The summed E-state index contributed by atoms with van der Waals surface area (Å²) in [7, 11) is 0. The maximum atomic E-state index is 12.3. The second kappa shape index (κ2) is 6.20. The Bertz CT molecular complexity index is 419. The highest BCUT2D eigenvalue weighted by Crippen LogP contribution is 2.23. The Balaban J connectivity index is 1.92. The van der Waals surface area contributed by atoms with Crippen LogP contribution in [0.4, 0.5) is 0 Å². The third-order valence-corrected chi connectivity index (χ3v) is 4.17. The molecule has 0 saturated carbocycles. The van der Waals surface area contributed by atoms with Crippen LogP contribution in [0.25, 0.3) is 0 Å². The molecule has 3 nitrogen and oxygen atoms in total. The fourth-order valence-electron chi connectivity index (χ4n) is 2.71. The molecule has 0 aliphatic carbocycles. The van der Waals surface area contributed by atoms with E-state index in [0.29, 0.717) is 6.54 Å². The lowest BCUT2D eigenvalue weighted by Crippen LogP contribution is -2.52. The molecular weight excluding hydrogens is 236 g/mol. The molecule has 1 aromatic carbocycles. The molecule has 1 aromatic rings. The van der Waals surface area contributed by atoms with Crippen LogP contribution in [0.15, 0.2) is 24.3 Å². The monoisotopic (exact) mass is 260 g/mol. The van der Waals surface area contributed by atoms with Gasteiger partial charge in [0.15, 0.2) is 0 Å². The maximum absolute atomic E-state index is 12.3. The smallest absolute Gasteiger partial charge is 0.240 e. The Morgan fingerprint density at radius 2 is 1.95 bits per heavy atom. The van der Waals surface area contributed by atoms with Crippen molar-refractivity contribution in [1.29, 1.82) is 0 Å². The number of carbonyl (C=O) groups excluding carboxylic acids is 1. The van der Waals surface area contributed by atoms with Gasteiger partial charge in [0.25, 0.3) is 0 Å². The van der Waals surface area contributed by atoms with Gasteiger partial charge in [-0.2, -0.15) is 0 Å². The van der Waals surface area contributed by atoms with E-state index in [2.05, 4.69) is 48.7 Å². The average Bonchev–Trinajstić information content (AvgIpc) is 2.95. The highest BCUT2D eigenvalue weighted by molar-refractivity contribution is 5.86. The van der Waals surface area contributed by atoms with Crippen LogP contribution in [0.2, 0.25) is 0 Å². The van der Waals surface area contributed by atoms with Crippen molar-refractivity contribution in [2.24, 2.45) is 0 Å². The Kier molecular flexibility index (Phi) is 4.59. The maximum Gasteiger partial charge on any atom is 0.240 e. The Labute approximate surface area is 115 Å². The summed E-state index contributed by atoms with van der Waals surface area (Å²) >= 11 is 0. The Hall–Kier alpha value is -1.35. The van der Waals surface area contributed by atoms with E-state index in [0.717, 1.165) is 37.8 Å². The fourth-order valence-corrected chi connectivity index (χ4v) is 2.71. The van der Waals surface area contributed by atoms with Gasteiger partial charge in [0.05, 0.1) is 5.54 Å². The molecule has 104 valence electrons. The number of hydrogen-bond acceptors (Lipinski definition) is 2. The standard InChI is InChI=1S/C16H24N2O/c1-3-13-6-8-14(9-7-13)12-17-15(19)16(4-2)10-5-11-18-16/h6-9,18H,3-5,10-12H2,1-2H3,(H,17,19). The molecule has 1 saturated heterocycles. The molecule has 0 radical (unpaired) electrons. The molecule has 2 rings (SSSR count). The van der Waals surface area contributed by atoms with Crippen molar-refractivity contribution in [3.05, 3.63) is 35.4 Å². The van der Waals surface area contributed by atoms with E-state index in [-0.39, 0.29) is 11.4 Å². The van der Waals surface area contributed by atoms with Crippen LogP contribution < -0.4 is 10.6 Å². The summed E-state index contributed by atoms with van der Waals surface area (Å²) in [6, 6.07) is 8.45. The number of carbonyl (C=O) groups is 1. The predicted molar refractivity (Wildman–Crippen MR) is 77.9 cm³/mol. The van der Waals surface area contributed by atoms with E-state index in [1.165, 1.54) is 5.56 Å². The summed E-state index contributed by atoms with van der Waals surface area (Å²) < 4.78 is 0. The molecule has 0 bridgehead atoms. The van der Waals surface area contributed by atoms with Gasteiger partial charge < -0.3 is 10.6 Å². The minimum absolute atomic E-state index is 0.145. The molecule has 1 fully saturated rings. The van der Waals surface area contributed by atoms with Gasteiger partial charge in [0, 0.05) is 6.54 Å². The normalized spacial score (nSPS) is 22.4. The van der Waals surface area contributed by atoms with Crippen LogP contribution in [0.1, 0.15) is 44.2 Å². The van der Waals surface area contributed by atoms with Crippen molar-refractivity contribution < 1.29 is 4.79 Å². The van der Waals surface area contributed by atoms with E-state index in [1.807, 2.05) is 0 Å². The lowest BCUT2D eigenvalue weighted by Gasteiger charge is -2.26. The van der Waals surface area contributed by atoms with Crippen LogP contribution >= 0.6 is 0 Å². The number of aryl methyl sites for hydroxylation is 1. The summed E-state index contributed by atoms with van der Waals surface area (Å²) in [5.41, 5.74) is 2.16. The van der Waals surface area contributed by atoms with E-state index >= 15 is 0 Å². The van der Waals surface area contributed by atoms with E-state index in [9.17, 15) is 4.79 Å². The van der Waals surface area contributed by atoms with Crippen molar-refractivity contribution in [1.82, 2.24) is 10.6 Å². The SMILES string of the molecule is CCc1ccc(CNC(=O)C2(CC)CCCN2)cc1. The van der Waals surface area contributed by atoms with Crippen LogP contribution in [-0.4, -0.2) is 18.0 Å². The summed E-state index contributed by atoms with van der Waals surface area (Å²) in [6.45, 7) is 5.79. The number of hydrogen-bond donors (Lipinski definition) is 2. The first-order chi connectivity index (χ1) is 9.20. The number of rotatable bonds is 5. The highest BCUT2D eigenvalue weighted by atomic mass is 16.2. The molecular formula is C16H24N2O. The molecule has 19 heavy (non-hydrogen) atoms. The van der Waals surface area contributed by atoms with Gasteiger partial charge in [0.2, 0.25) is 5.91 Å². The third kappa shape index (κ3) is 3.16. The van der Waals surface area contributed by atoms with Gasteiger partial charge >= 0.3 is 0 Å². The molecule has 0 aromatic heterocycles. The number of amides is 1. The van der Waals surface area contributed by atoms with Crippen LogP contribution in [-0.2, 0) is 17.8 Å². The third-order valence-electron chi connectivity index (χ3n) is 4.17. The zero-order valence-corrected chi connectivity index (χ0v) is 12.0. The average molecular weight is 260 g/mol. The van der Waals surface area contributed by atoms with Crippen molar-refractivity contribution in [3.8, 4) is 0 Å². The molecule has 1 aliphatic rings. The van der Waals surface area contributed by atoms with E-state index in [4.69, 9.17) is 0 Å². The molecule has 1 heterocycles. The van der Waals surface area contributed by atoms with Crippen molar-refractivity contribution in [2.45, 2.75) is 51.6 Å².